The number of carboxylic acid groups (broad SMARTS) is 1. The highest BCUT2D eigenvalue weighted by molar-refractivity contribution is 5.79. The summed E-state index contributed by atoms with van der Waals surface area (Å²) in [5.74, 6) is 5.32. The summed E-state index contributed by atoms with van der Waals surface area (Å²) in [4.78, 5) is 23.0. The van der Waals surface area contributed by atoms with Crippen molar-refractivity contribution < 1.29 is 19.4 Å². The van der Waals surface area contributed by atoms with Crippen LogP contribution in [0.2, 0.25) is 0 Å². The van der Waals surface area contributed by atoms with Crippen LogP contribution >= 0.6 is 0 Å². The van der Waals surface area contributed by atoms with Gasteiger partial charge in [0.05, 0.1) is 0 Å². The number of carboxylic acids is 1. The molecule has 5 nitrogen and oxygen atoms in total. The van der Waals surface area contributed by atoms with Crippen LogP contribution in [0.4, 0.5) is 4.79 Å². The van der Waals surface area contributed by atoms with Crippen LogP contribution in [0.15, 0.2) is 72.8 Å². The normalized spacial score (nSPS) is 11.6. The second kappa shape index (κ2) is 10.5. The van der Waals surface area contributed by atoms with E-state index in [-0.39, 0.29) is 18.9 Å². The lowest BCUT2D eigenvalue weighted by Crippen LogP contribution is -2.26. The zero-order valence-electron chi connectivity index (χ0n) is 18.2. The SMILES string of the molecule is O=C(O)CCc1ccccc1C#CCCNC(=O)OCC1c2ccccc2-c2ccccc21. The molecule has 0 radical (unpaired) electrons. The number of hydrogen-bond acceptors (Lipinski definition) is 3. The lowest BCUT2D eigenvalue weighted by Gasteiger charge is -2.14. The number of carbonyl (C=O) groups excluding carboxylic acids is 1. The standard InChI is InChI=1S/C28H25NO4/c30-27(31)17-16-21-10-2-1-9-20(21)11-7-8-18-29-28(32)33-19-26-24-14-5-3-12-22(24)23-13-4-6-15-25(23)26/h1-6,9-10,12-15,26H,8,16-19H2,(H,29,32)(H,30,31). The van der Waals surface area contributed by atoms with Crippen molar-refractivity contribution in [2.75, 3.05) is 13.2 Å². The largest absolute Gasteiger partial charge is 0.481 e. The third-order valence-electron chi connectivity index (χ3n) is 5.71. The Morgan fingerprint density at radius 1 is 0.909 bits per heavy atom. The topological polar surface area (TPSA) is 75.6 Å². The summed E-state index contributed by atoms with van der Waals surface area (Å²) >= 11 is 0. The molecule has 0 atom stereocenters. The number of nitrogens with one attached hydrogen (secondary N) is 1. The molecule has 4 rings (SSSR count). The number of carbonyl (C=O) groups is 2. The maximum atomic E-state index is 12.2. The average molecular weight is 440 g/mol. The minimum Gasteiger partial charge on any atom is -0.481 e. The highest BCUT2D eigenvalue weighted by Gasteiger charge is 2.28. The number of hydrogen-bond donors (Lipinski definition) is 2. The second-order valence-corrected chi connectivity index (χ2v) is 7.85. The van der Waals surface area contributed by atoms with Gasteiger partial charge in [-0.3, -0.25) is 4.79 Å². The monoisotopic (exact) mass is 439 g/mol. The van der Waals surface area contributed by atoms with E-state index in [2.05, 4.69) is 41.4 Å². The van der Waals surface area contributed by atoms with E-state index in [0.29, 0.717) is 19.4 Å². The first kappa shape index (κ1) is 22.2. The van der Waals surface area contributed by atoms with Crippen LogP contribution in [0.1, 0.15) is 41.0 Å². The molecular formula is C28H25NO4. The predicted octanol–water partition coefficient (Wildman–Crippen LogP) is 4.98. The molecule has 2 N–H and O–H groups in total. The molecule has 0 saturated heterocycles. The van der Waals surface area contributed by atoms with Crippen molar-refractivity contribution in [1.29, 1.82) is 0 Å². The van der Waals surface area contributed by atoms with E-state index in [4.69, 9.17) is 9.84 Å². The summed E-state index contributed by atoms with van der Waals surface area (Å²) in [5.41, 5.74) is 6.48. The van der Waals surface area contributed by atoms with Gasteiger partial charge in [0.15, 0.2) is 0 Å². The maximum Gasteiger partial charge on any atom is 0.407 e. The molecule has 0 saturated carbocycles. The number of benzene rings is 3. The molecule has 3 aromatic rings. The summed E-state index contributed by atoms with van der Waals surface area (Å²) < 4.78 is 5.52. The van der Waals surface area contributed by atoms with Crippen molar-refractivity contribution in [1.82, 2.24) is 5.32 Å². The van der Waals surface area contributed by atoms with Crippen LogP contribution in [0, 0.1) is 11.8 Å². The number of fused-ring (bicyclic) bond motifs is 3. The predicted molar refractivity (Wildman–Crippen MR) is 127 cm³/mol. The fourth-order valence-electron chi connectivity index (χ4n) is 4.14. The van der Waals surface area contributed by atoms with Crippen LogP contribution in [0.3, 0.4) is 0 Å². The van der Waals surface area contributed by atoms with Crippen LogP contribution in [0.5, 0.6) is 0 Å². The summed E-state index contributed by atoms with van der Waals surface area (Å²) in [6.45, 7) is 0.656. The smallest absolute Gasteiger partial charge is 0.407 e. The molecule has 1 aliphatic rings. The molecule has 0 aliphatic heterocycles. The van der Waals surface area contributed by atoms with Gasteiger partial charge in [-0.25, -0.2) is 4.79 Å². The van der Waals surface area contributed by atoms with Gasteiger partial charge in [0.25, 0.3) is 0 Å². The Labute approximate surface area is 193 Å². The first-order chi connectivity index (χ1) is 16.1. The van der Waals surface area contributed by atoms with Gasteiger partial charge in [0.2, 0.25) is 0 Å². The summed E-state index contributed by atoms with van der Waals surface area (Å²) in [5, 5.41) is 11.6. The lowest BCUT2D eigenvalue weighted by atomic mass is 9.98. The van der Waals surface area contributed by atoms with Gasteiger partial charge in [-0.15, -0.1) is 0 Å². The van der Waals surface area contributed by atoms with Gasteiger partial charge in [-0.05, 0) is 40.3 Å². The summed E-state index contributed by atoms with van der Waals surface area (Å²) in [7, 11) is 0. The fraction of sp³-hybridized carbons (Fsp3) is 0.214. The van der Waals surface area contributed by atoms with E-state index in [1.54, 1.807) is 0 Å². The lowest BCUT2D eigenvalue weighted by molar-refractivity contribution is -0.136. The third-order valence-corrected chi connectivity index (χ3v) is 5.71. The second-order valence-electron chi connectivity index (χ2n) is 7.85. The van der Waals surface area contributed by atoms with Gasteiger partial charge >= 0.3 is 12.1 Å². The molecule has 1 amide bonds. The van der Waals surface area contributed by atoms with Crippen LogP contribution in [-0.2, 0) is 16.0 Å². The number of alkyl carbamates (subject to hydrolysis) is 1. The minimum absolute atomic E-state index is 0.0326. The first-order valence-electron chi connectivity index (χ1n) is 11.0. The minimum atomic E-state index is -0.829. The van der Waals surface area contributed by atoms with E-state index < -0.39 is 12.1 Å². The van der Waals surface area contributed by atoms with Crippen molar-refractivity contribution in [3.63, 3.8) is 0 Å². The molecule has 0 spiro atoms. The van der Waals surface area contributed by atoms with Crippen molar-refractivity contribution in [2.45, 2.75) is 25.2 Å². The average Bonchev–Trinajstić information content (AvgIpc) is 3.15. The highest BCUT2D eigenvalue weighted by Crippen LogP contribution is 2.44. The molecule has 0 aromatic heterocycles. The molecule has 33 heavy (non-hydrogen) atoms. The molecule has 0 unspecified atom stereocenters. The summed E-state index contributed by atoms with van der Waals surface area (Å²) in [6, 6.07) is 24.0. The van der Waals surface area contributed by atoms with Crippen molar-refractivity contribution in [2.24, 2.45) is 0 Å². The molecule has 5 heteroatoms. The third kappa shape index (κ3) is 5.42. The summed E-state index contributed by atoms with van der Waals surface area (Å²) in [6.07, 6.45) is 0.526. The molecule has 166 valence electrons. The van der Waals surface area contributed by atoms with E-state index >= 15 is 0 Å². The van der Waals surface area contributed by atoms with Crippen molar-refractivity contribution in [3.05, 3.63) is 95.1 Å². The zero-order valence-corrected chi connectivity index (χ0v) is 18.2. The fourth-order valence-corrected chi connectivity index (χ4v) is 4.14. The Balaban J connectivity index is 1.27. The Kier molecular flexibility index (Phi) is 7.06. The van der Waals surface area contributed by atoms with E-state index in [1.165, 1.54) is 22.3 Å². The van der Waals surface area contributed by atoms with Crippen LogP contribution < -0.4 is 5.32 Å². The van der Waals surface area contributed by atoms with Gasteiger partial charge < -0.3 is 15.2 Å². The molecule has 0 heterocycles. The Morgan fingerprint density at radius 2 is 1.55 bits per heavy atom. The number of amides is 1. The maximum absolute atomic E-state index is 12.2. The number of rotatable bonds is 7. The Bertz CT molecular complexity index is 1180. The highest BCUT2D eigenvalue weighted by atomic mass is 16.5. The quantitative estimate of drug-likeness (QED) is 0.402. The zero-order chi connectivity index (χ0) is 23.0. The number of aryl methyl sites for hydroxylation is 1. The molecule has 0 bridgehead atoms. The van der Waals surface area contributed by atoms with Gasteiger partial charge in [0.1, 0.15) is 6.61 Å². The van der Waals surface area contributed by atoms with Crippen molar-refractivity contribution >= 4 is 12.1 Å². The Hall–Kier alpha value is -4.04. The Morgan fingerprint density at radius 3 is 2.24 bits per heavy atom. The van der Waals surface area contributed by atoms with E-state index in [0.717, 1.165) is 11.1 Å². The molecular weight excluding hydrogens is 414 g/mol. The van der Waals surface area contributed by atoms with Crippen LogP contribution in [0.25, 0.3) is 11.1 Å². The molecule has 1 aliphatic carbocycles. The number of aliphatic carboxylic acids is 1. The van der Waals surface area contributed by atoms with Gasteiger partial charge in [0, 0.05) is 30.9 Å². The molecule has 3 aromatic carbocycles. The van der Waals surface area contributed by atoms with Crippen LogP contribution in [-0.4, -0.2) is 30.3 Å². The van der Waals surface area contributed by atoms with E-state index in [1.807, 2.05) is 48.5 Å². The van der Waals surface area contributed by atoms with Gasteiger partial charge in [-0.2, -0.15) is 0 Å². The number of ether oxygens (including phenoxy) is 1. The first-order valence-corrected chi connectivity index (χ1v) is 11.0. The molecule has 0 fully saturated rings. The van der Waals surface area contributed by atoms with E-state index in [9.17, 15) is 9.59 Å². The van der Waals surface area contributed by atoms with Gasteiger partial charge in [-0.1, -0.05) is 78.6 Å². The van der Waals surface area contributed by atoms with Crippen molar-refractivity contribution in [3.8, 4) is 23.0 Å².